The summed E-state index contributed by atoms with van der Waals surface area (Å²) in [5, 5.41) is 12.1. The van der Waals surface area contributed by atoms with Crippen LogP contribution in [0, 0.1) is 0 Å². The third-order valence-electron chi connectivity index (χ3n) is 2.87. The van der Waals surface area contributed by atoms with Crippen molar-refractivity contribution in [3.05, 3.63) is 43.1 Å². The molecule has 0 spiro atoms. The molecule has 0 saturated heterocycles. The standard InChI is InChI=1S/C16H17N3O4/c1-3-14(20)18-12-10-11(16-17-7-6-15(21)19-16)4-5-13(12)23-9-8-22-2/h3-7,10H,1,8-9H2,2H3,(H,18,20)(H,17,19,21). The number of carbonyl (C=O) groups is 1. The number of nitrogens with one attached hydrogen (secondary N) is 1. The summed E-state index contributed by atoms with van der Waals surface area (Å²) in [4.78, 5) is 19.6. The predicted molar refractivity (Wildman–Crippen MR) is 85.3 cm³/mol. The SMILES string of the molecule is C=CC(=O)Nc1cc(-c2nccc(O)n2)ccc1OCCOC. The van der Waals surface area contributed by atoms with Gasteiger partial charge in [0.2, 0.25) is 11.8 Å². The number of aromatic nitrogens is 2. The molecule has 2 rings (SSSR count). The van der Waals surface area contributed by atoms with Gasteiger partial charge >= 0.3 is 0 Å². The molecule has 0 unspecified atom stereocenters. The quantitative estimate of drug-likeness (QED) is 0.599. The maximum atomic E-state index is 11.6. The Morgan fingerprint density at radius 1 is 1.39 bits per heavy atom. The molecular formula is C16H17N3O4. The Labute approximate surface area is 133 Å². The zero-order valence-electron chi connectivity index (χ0n) is 12.7. The van der Waals surface area contributed by atoms with Crippen molar-refractivity contribution in [3.63, 3.8) is 0 Å². The lowest BCUT2D eigenvalue weighted by atomic mass is 10.1. The van der Waals surface area contributed by atoms with Crippen LogP contribution >= 0.6 is 0 Å². The van der Waals surface area contributed by atoms with Crippen LogP contribution in [0.15, 0.2) is 43.1 Å². The summed E-state index contributed by atoms with van der Waals surface area (Å²) in [6.45, 7) is 4.19. The minimum Gasteiger partial charge on any atom is -0.493 e. The van der Waals surface area contributed by atoms with Gasteiger partial charge in [-0.15, -0.1) is 0 Å². The van der Waals surface area contributed by atoms with Gasteiger partial charge in [0.25, 0.3) is 0 Å². The zero-order chi connectivity index (χ0) is 16.7. The Morgan fingerprint density at radius 3 is 2.91 bits per heavy atom. The largest absolute Gasteiger partial charge is 0.493 e. The van der Waals surface area contributed by atoms with Crippen molar-refractivity contribution in [1.82, 2.24) is 9.97 Å². The van der Waals surface area contributed by atoms with E-state index in [9.17, 15) is 9.90 Å². The monoisotopic (exact) mass is 315 g/mol. The Hall–Kier alpha value is -2.93. The van der Waals surface area contributed by atoms with E-state index in [2.05, 4.69) is 21.9 Å². The van der Waals surface area contributed by atoms with E-state index in [0.29, 0.717) is 36.0 Å². The number of hydrogen-bond donors (Lipinski definition) is 2. The Morgan fingerprint density at radius 2 is 2.22 bits per heavy atom. The first-order valence-corrected chi connectivity index (χ1v) is 6.85. The summed E-state index contributed by atoms with van der Waals surface area (Å²) in [7, 11) is 1.58. The zero-order valence-corrected chi connectivity index (χ0v) is 12.7. The number of rotatable bonds is 7. The lowest BCUT2D eigenvalue weighted by Crippen LogP contribution is -2.11. The normalized spacial score (nSPS) is 10.1. The molecule has 0 aliphatic carbocycles. The van der Waals surface area contributed by atoms with Gasteiger partial charge in [0.05, 0.1) is 12.3 Å². The van der Waals surface area contributed by atoms with Gasteiger partial charge in [0.1, 0.15) is 12.4 Å². The van der Waals surface area contributed by atoms with Gasteiger partial charge in [0, 0.05) is 24.9 Å². The van der Waals surface area contributed by atoms with Crippen molar-refractivity contribution >= 4 is 11.6 Å². The Bertz CT molecular complexity index is 703. The van der Waals surface area contributed by atoms with E-state index in [1.165, 1.54) is 12.3 Å². The number of hydrogen-bond acceptors (Lipinski definition) is 6. The molecule has 7 nitrogen and oxygen atoms in total. The molecule has 0 aliphatic rings. The summed E-state index contributed by atoms with van der Waals surface area (Å²) in [5.41, 5.74) is 1.08. The molecule has 1 aromatic carbocycles. The van der Waals surface area contributed by atoms with Crippen molar-refractivity contribution in [2.45, 2.75) is 0 Å². The molecule has 7 heteroatoms. The van der Waals surface area contributed by atoms with Gasteiger partial charge in [0.15, 0.2) is 5.82 Å². The van der Waals surface area contributed by atoms with Crippen LogP contribution in [-0.2, 0) is 9.53 Å². The molecule has 2 N–H and O–H groups in total. The van der Waals surface area contributed by atoms with Crippen LogP contribution in [0.3, 0.4) is 0 Å². The van der Waals surface area contributed by atoms with E-state index < -0.39 is 0 Å². The van der Waals surface area contributed by atoms with E-state index in [-0.39, 0.29) is 11.8 Å². The molecule has 1 amide bonds. The highest BCUT2D eigenvalue weighted by molar-refractivity contribution is 6.00. The van der Waals surface area contributed by atoms with Crippen LogP contribution in [0.4, 0.5) is 5.69 Å². The van der Waals surface area contributed by atoms with E-state index in [1.54, 1.807) is 25.3 Å². The number of aromatic hydroxyl groups is 1. The fourth-order valence-corrected chi connectivity index (χ4v) is 1.80. The van der Waals surface area contributed by atoms with Crippen molar-refractivity contribution in [2.24, 2.45) is 0 Å². The fourth-order valence-electron chi connectivity index (χ4n) is 1.80. The number of nitrogens with zero attached hydrogens (tertiary/aromatic N) is 2. The average molecular weight is 315 g/mol. The van der Waals surface area contributed by atoms with E-state index >= 15 is 0 Å². The summed E-state index contributed by atoms with van der Waals surface area (Å²) < 4.78 is 10.5. The molecular weight excluding hydrogens is 298 g/mol. The fraction of sp³-hybridized carbons (Fsp3) is 0.188. The third-order valence-corrected chi connectivity index (χ3v) is 2.87. The minimum absolute atomic E-state index is 0.132. The molecule has 23 heavy (non-hydrogen) atoms. The Balaban J connectivity index is 2.33. The predicted octanol–water partition coefficient (Wildman–Crippen LogP) is 2.00. The molecule has 1 heterocycles. The van der Waals surface area contributed by atoms with Gasteiger partial charge in [-0.1, -0.05) is 6.58 Å². The minimum atomic E-state index is -0.365. The van der Waals surface area contributed by atoms with Crippen LogP contribution in [0.25, 0.3) is 11.4 Å². The number of amides is 1. The van der Waals surface area contributed by atoms with Gasteiger partial charge in [-0.25, -0.2) is 4.98 Å². The molecule has 2 aromatic rings. The molecule has 0 fully saturated rings. The maximum absolute atomic E-state index is 11.6. The van der Waals surface area contributed by atoms with Crippen LogP contribution in [0.2, 0.25) is 0 Å². The molecule has 0 radical (unpaired) electrons. The molecule has 120 valence electrons. The third kappa shape index (κ3) is 4.52. The van der Waals surface area contributed by atoms with Gasteiger partial charge in [-0.3, -0.25) is 4.79 Å². The first-order chi connectivity index (χ1) is 11.1. The van der Waals surface area contributed by atoms with E-state index in [1.807, 2.05) is 0 Å². The second kappa shape index (κ2) is 7.90. The lowest BCUT2D eigenvalue weighted by Gasteiger charge is -2.13. The first-order valence-electron chi connectivity index (χ1n) is 6.85. The molecule has 0 bridgehead atoms. The van der Waals surface area contributed by atoms with E-state index in [0.717, 1.165) is 6.08 Å². The summed E-state index contributed by atoms with van der Waals surface area (Å²) in [5.74, 6) is 0.325. The Kier molecular flexibility index (Phi) is 5.65. The number of methoxy groups -OCH3 is 1. The number of benzene rings is 1. The maximum Gasteiger partial charge on any atom is 0.247 e. The van der Waals surface area contributed by atoms with Crippen LogP contribution in [0.1, 0.15) is 0 Å². The van der Waals surface area contributed by atoms with Crippen molar-refractivity contribution in [2.75, 3.05) is 25.6 Å². The van der Waals surface area contributed by atoms with Gasteiger partial charge in [-0.2, -0.15) is 4.98 Å². The summed E-state index contributed by atoms with van der Waals surface area (Å²) >= 11 is 0. The number of carbonyl (C=O) groups excluding carboxylic acids is 1. The molecule has 1 aromatic heterocycles. The molecule has 0 atom stereocenters. The van der Waals surface area contributed by atoms with Crippen molar-refractivity contribution in [1.29, 1.82) is 0 Å². The van der Waals surface area contributed by atoms with Crippen molar-refractivity contribution in [3.8, 4) is 23.0 Å². The van der Waals surface area contributed by atoms with Crippen LogP contribution in [0.5, 0.6) is 11.6 Å². The highest BCUT2D eigenvalue weighted by Gasteiger charge is 2.10. The smallest absolute Gasteiger partial charge is 0.247 e. The second-order valence-corrected chi connectivity index (χ2v) is 4.48. The number of ether oxygens (including phenoxy) is 2. The van der Waals surface area contributed by atoms with Gasteiger partial charge < -0.3 is 19.9 Å². The van der Waals surface area contributed by atoms with Crippen molar-refractivity contribution < 1.29 is 19.4 Å². The summed E-state index contributed by atoms with van der Waals surface area (Å²) in [6.07, 6.45) is 2.61. The first kappa shape index (κ1) is 16.4. The topological polar surface area (TPSA) is 93.6 Å². The van der Waals surface area contributed by atoms with Crippen LogP contribution in [-0.4, -0.2) is 41.3 Å². The summed E-state index contributed by atoms with van der Waals surface area (Å²) in [6, 6.07) is 6.47. The number of anilines is 1. The highest BCUT2D eigenvalue weighted by Crippen LogP contribution is 2.30. The van der Waals surface area contributed by atoms with Gasteiger partial charge in [-0.05, 0) is 24.3 Å². The lowest BCUT2D eigenvalue weighted by molar-refractivity contribution is -0.111. The van der Waals surface area contributed by atoms with Crippen LogP contribution < -0.4 is 10.1 Å². The molecule has 0 aliphatic heterocycles. The highest BCUT2D eigenvalue weighted by atomic mass is 16.5. The second-order valence-electron chi connectivity index (χ2n) is 4.48. The molecule has 0 saturated carbocycles. The average Bonchev–Trinajstić information content (AvgIpc) is 2.56. The van der Waals surface area contributed by atoms with E-state index in [4.69, 9.17) is 9.47 Å².